The lowest BCUT2D eigenvalue weighted by atomic mass is 9.91. The second kappa shape index (κ2) is 4.99. The van der Waals surface area contributed by atoms with Crippen LogP contribution in [0.25, 0.3) is 0 Å². The molecule has 0 atom stereocenters. The van der Waals surface area contributed by atoms with Crippen LogP contribution in [0.2, 0.25) is 0 Å². The first-order valence-corrected chi connectivity index (χ1v) is 5.33. The van der Waals surface area contributed by atoms with Crippen molar-refractivity contribution < 1.29 is 0 Å². The molecule has 0 aliphatic carbocycles. The standard InChI is InChI=1S/C12H19N3/c1-12(2,10-14)5-8-15-7-4-11(9-15)3-6-13/h4,7,9H,3,5-6,8,13H2,1-2H3. The summed E-state index contributed by atoms with van der Waals surface area (Å²) in [6, 6.07) is 4.40. The van der Waals surface area contributed by atoms with Crippen LogP contribution in [0.1, 0.15) is 25.8 Å². The highest BCUT2D eigenvalue weighted by Gasteiger charge is 2.15. The minimum atomic E-state index is -0.238. The van der Waals surface area contributed by atoms with E-state index in [9.17, 15) is 0 Å². The first kappa shape index (κ1) is 11.8. The Labute approximate surface area is 91.5 Å². The smallest absolute Gasteiger partial charge is 0.0684 e. The number of nitriles is 1. The maximum absolute atomic E-state index is 8.89. The zero-order chi connectivity index (χ0) is 11.3. The van der Waals surface area contributed by atoms with E-state index >= 15 is 0 Å². The lowest BCUT2D eigenvalue weighted by Gasteiger charge is -2.14. The third kappa shape index (κ3) is 3.77. The molecule has 0 saturated carbocycles. The second-order valence-electron chi connectivity index (χ2n) is 4.54. The van der Waals surface area contributed by atoms with Crippen LogP contribution < -0.4 is 5.73 Å². The van der Waals surface area contributed by atoms with Crippen LogP contribution in [-0.2, 0) is 13.0 Å². The van der Waals surface area contributed by atoms with E-state index in [1.54, 1.807) is 0 Å². The van der Waals surface area contributed by atoms with Crippen LogP contribution >= 0.6 is 0 Å². The molecule has 1 rings (SSSR count). The monoisotopic (exact) mass is 205 g/mol. The van der Waals surface area contributed by atoms with Gasteiger partial charge in [-0.15, -0.1) is 0 Å². The summed E-state index contributed by atoms with van der Waals surface area (Å²) in [7, 11) is 0. The maximum atomic E-state index is 8.89. The van der Waals surface area contributed by atoms with Crippen LogP contribution in [0.15, 0.2) is 18.5 Å². The van der Waals surface area contributed by atoms with Gasteiger partial charge in [0.1, 0.15) is 0 Å². The number of nitrogens with zero attached hydrogens (tertiary/aromatic N) is 2. The number of hydrogen-bond acceptors (Lipinski definition) is 2. The number of aromatic nitrogens is 1. The molecule has 0 fully saturated rings. The van der Waals surface area contributed by atoms with E-state index < -0.39 is 0 Å². The molecule has 15 heavy (non-hydrogen) atoms. The van der Waals surface area contributed by atoms with Crippen molar-refractivity contribution in [3.8, 4) is 6.07 Å². The van der Waals surface area contributed by atoms with Gasteiger partial charge in [0.05, 0.1) is 11.5 Å². The van der Waals surface area contributed by atoms with Gasteiger partial charge in [-0.25, -0.2) is 0 Å². The molecule has 3 nitrogen and oxygen atoms in total. The average Bonchev–Trinajstić information content (AvgIpc) is 2.64. The zero-order valence-electron chi connectivity index (χ0n) is 9.53. The van der Waals surface area contributed by atoms with Crippen LogP contribution in [0.5, 0.6) is 0 Å². The van der Waals surface area contributed by atoms with Gasteiger partial charge >= 0.3 is 0 Å². The molecule has 0 unspecified atom stereocenters. The number of nitrogens with two attached hydrogens (primary N) is 1. The molecule has 3 heteroatoms. The number of aryl methyl sites for hydroxylation is 1. The minimum Gasteiger partial charge on any atom is -0.354 e. The quantitative estimate of drug-likeness (QED) is 0.798. The molecule has 0 amide bonds. The van der Waals surface area contributed by atoms with Crippen LogP contribution in [0, 0.1) is 16.7 Å². The fourth-order valence-electron chi connectivity index (χ4n) is 1.41. The predicted octanol–water partition coefficient (Wildman–Crippen LogP) is 1.93. The fraction of sp³-hybridized carbons (Fsp3) is 0.583. The van der Waals surface area contributed by atoms with Crippen LogP contribution in [-0.4, -0.2) is 11.1 Å². The molecule has 1 aromatic heterocycles. The Morgan fingerprint density at radius 2 is 2.27 bits per heavy atom. The van der Waals surface area contributed by atoms with Crippen molar-refractivity contribution in [2.45, 2.75) is 33.2 Å². The van der Waals surface area contributed by atoms with Gasteiger partial charge in [0, 0.05) is 18.9 Å². The lowest BCUT2D eigenvalue weighted by molar-refractivity contribution is 0.414. The van der Waals surface area contributed by atoms with Crippen molar-refractivity contribution in [3.63, 3.8) is 0 Å². The van der Waals surface area contributed by atoms with Crippen molar-refractivity contribution in [2.24, 2.45) is 11.1 Å². The van der Waals surface area contributed by atoms with Gasteiger partial charge < -0.3 is 10.3 Å². The Balaban J connectivity index is 2.48. The summed E-state index contributed by atoms with van der Waals surface area (Å²) < 4.78 is 2.13. The summed E-state index contributed by atoms with van der Waals surface area (Å²) in [5.74, 6) is 0. The molecule has 0 bridgehead atoms. The SMILES string of the molecule is CC(C)(C#N)CCn1ccc(CCN)c1. The van der Waals surface area contributed by atoms with Gasteiger partial charge in [-0.2, -0.15) is 5.26 Å². The molecule has 0 aliphatic heterocycles. The van der Waals surface area contributed by atoms with Crippen molar-refractivity contribution in [3.05, 3.63) is 24.0 Å². The Kier molecular flexibility index (Phi) is 3.93. The Bertz CT molecular complexity index is 344. The first-order valence-electron chi connectivity index (χ1n) is 5.33. The molecule has 0 aliphatic rings. The molecule has 0 spiro atoms. The third-order valence-corrected chi connectivity index (χ3v) is 2.54. The van der Waals surface area contributed by atoms with Crippen molar-refractivity contribution in [1.82, 2.24) is 4.57 Å². The lowest BCUT2D eigenvalue weighted by Crippen LogP contribution is -2.11. The Morgan fingerprint density at radius 1 is 1.53 bits per heavy atom. The molecule has 0 radical (unpaired) electrons. The normalized spacial score (nSPS) is 11.3. The first-order chi connectivity index (χ1) is 7.07. The molecule has 2 N–H and O–H groups in total. The molecule has 1 heterocycles. The highest BCUT2D eigenvalue weighted by molar-refractivity contribution is 5.10. The molecular weight excluding hydrogens is 186 g/mol. The maximum Gasteiger partial charge on any atom is 0.0684 e. The van der Waals surface area contributed by atoms with Gasteiger partial charge in [0.25, 0.3) is 0 Å². The van der Waals surface area contributed by atoms with Gasteiger partial charge in [0.15, 0.2) is 0 Å². The summed E-state index contributed by atoms with van der Waals surface area (Å²) in [6.07, 6.45) is 5.97. The van der Waals surface area contributed by atoms with E-state index in [0.717, 1.165) is 19.4 Å². The second-order valence-corrected chi connectivity index (χ2v) is 4.54. The summed E-state index contributed by atoms with van der Waals surface area (Å²) in [5.41, 5.74) is 6.52. The number of rotatable bonds is 5. The summed E-state index contributed by atoms with van der Waals surface area (Å²) in [4.78, 5) is 0. The van der Waals surface area contributed by atoms with E-state index in [1.807, 2.05) is 13.8 Å². The van der Waals surface area contributed by atoms with E-state index in [1.165, 1.54) is 5.56 Å². The highest BCUT2D eigenvalue weighted by atomic mass is 14.9. The predicted molar refractivity (Wildman–Crippen MR) is 61.2 cm³/mol. The van der Waals surface area contributed by atoms with Gasteiger partial charge in [-0.1, -0.05) is 0 Å². The summed E-state index contributed by atoms with van der Waals surface area (Å²) >= 11 is 0. The Morgan fingerprint density at radius 3 is 2.87 bits per heavy atom. The topological polar surface area (TPSA) is 54.7 Å². The fourth-order valence-corrected chi connectivity index (χ4v) is 1.41. The van der Waals surface area contributed by atoms with Gasteiger partial charge in [0.2, 0.25) is 0 Å². The summed E-state index contributed by atoms with van der Waals surface area (Å²) in [6.45, 7) is 5.52. The molecule has 1 aromatic rings. The van der Waals surface area contributed by atoms with Crippen molar-refractivity contribution in [2.75, 3.05) is 6.54 Å². The van der Waals surface area contributed by atoms with Crippen LogP contribution in [0.3, 0.4) is 0 Å². The van der Waals surface area contributed by atoms with Crippen molar-refractivity contribution in [1.29, 1.82) is 5.26 Å². The average molecular weight is 205 g/mol. The van der Waals surface area contributed by atoms with Gasteiger partial charge in [-0.05, 0) is 44.9 Å². The van der Waals surface area contributed by atoms with E-state index in [2.05, 4.69) is 29.1 Å². The van der Waals surface area contributed by atoms with Gasteiger partial charge in [-0.3, -0.25) is 0 Å². The molecule has 0 saturated heterocycles. The summed E-state index contributed by atoms with van der Waals surface area (Å²) in [5, 5.41) is 8.89. The van der Waals surface area contributed by atoms with Crippen molar-refractivity contribution >= 4 is 0 Å². The molecule has 82 valence electrons. The minimum absolute atomic E-state index is 0.238. The Hall–Kier alpha value is -1.27. The van der Waals surface area contributed by atoms with E-state index in [4.69, 9.17) is 11.0 Å². The third-order valence-electron chi connectivity index (χ3n) is 2.54. The van der Waals surface area contributed by atoms with E-state index in [-0.39, 0.29) is 5.41 Å². The largest absolute Gasteiger partial charge is 0.354 e. The molecule has 0 aromatic carbocycles. The highest BCUT2D eigenvalue weighted by Crippen LogP contribution is 2.19. The number of hydrogen-bond donors (Lipinski definition) is 1. The van der Waals surface area contributed by atoms with E-state index in [0.29, 0.717) is 6.54 Å². The molecular formula is C12H19N3. The zero-order valence-corrected chi connectivity index (χ0v) is 9.53. The van der Waals surface area contributed by atoms with Crippen LogP contribution in [0.4, 0.5) is 0 Å².